The summed E-state index contributed by atoms with van der Waals surface area (Å²) in [5.74, 6) is -0.776. The van der Waals surface area contributed by atoms with Crippen LogP contribution in [0, 0.1) is 11.8 Å². The van der Waals surface area contributed by atoms with Crippen molar-refractivity contribution < 1.29 is 23.1 Å². The first-order valence-corrected chi connectivity index (χ1v) is 8.26. The van der Waals surface area contributed by atoms with E-state index in [1.54, 1.807) is 0 Å². The lowest BCUT2D eigenvalue weighted by Gasteiger charge is -2.17. The third-order valence-corrected chi connectivity index (χ3v) is 4.56. The Labute approximate surface area is 114 Å². The SMILES string of the molecule is CC(C)CC(NS(=O)(=O)CCC1CCOC1)C(=O)O. The highest BCUT2D eigenvalue weighted by molar-refractivity contribution is 7.89. The predicted molar refractivity (Wildman–Crippen MR) is 71.3 cm³/mol. The van der Waals surface area contributed by atoms with Gasteiger partial charge in [0.1, 0.15) is 6.04 Å². The van der Waals surface area contributed by atoms with Gasteiger partial charge in [0.15, 0.2) is 0 Å². The van der Waals surface area contributed by atoms with Crippen LogP contribution in [0.3, 0.4) is 0 Å². The van der Waals surface area contributed by atoms with Crippen LogP contribution >= 0.6 is 0 Å². The summed E-state index contributed by atoms with van der Waals surface area (Å²) in [6, 6.07) is -1.04. The average Bonchev–Trinajstić information content (AvgIpc) is 2.77. The van der Waals surface area contributed by atoms with Crippen molar-refractivity contribution in [3.63, 3.8) is 0 Å². The van der Waals surface area contributed by atoms with Gasteiger partial charge in [-0.25, -0.2) is 13.1 Å². The summed E-state index contributed by atoms with van der Waals surface area (Å²) in [5, 5.41) is 9.02. The van der Waals surface area contributed by atoms with Gasteiger partial charge in [0.2, 0.25) is 10.0 Å². The summed E-state index contributed by atoms with van der Waals surface area (Å²) in [5.41, 5.74) is 0. The van der Waals surface area contributed by atoms with E-state index < -0.39 is 22.0 Å². The minimum atomic E-state index is -3.55. The van der Waals surface area contributed by atoms with Crippen molar-refractivity contribution in [2.75, 3.05) is 19.0 Å². The highest BCUT2D eigenvalue weighted by Crippen LogP contribution is 2.17. The van der Waals surface area contributed by atoms with Crippen LogP contribution in [0.4, 0.5) is 0 Å². The van der Waals surface area contributed by atoms with Gasteiger partial charge in [0.05, 0.1) is 5.75 Å². The Kier molecular flexibility index (Phi) is 6.22. The Bertz CT molecular complexity index is 387. The molecule has 0 amide bonds. The van der Waals surface area contributed by atoms with E-state index in [2.05, 4.69) is 4.72 Å². The molecule has 0 aromatic rings. The Morgan fingerprint density at radius 1 is 1.47 bits per heavy atom. The number of aliphatic carboxylic acids is 1. The van der Waals surface area contributed by atoms with E-state index in [-0.39, 0.29) is 17.6 Å². The van der Waals surface area contributed by atoms with Gasteiger partial charge >= 0.3 is 5.97 Å². The number of sulfonamides is 1. The summed E-state index contributed by atoms with van der Waals surface area (Å²) in [4.78, 5) is 11.0. The Hall–Kier alpha value is -0.660. The molecule has 0 aromatic carbocycles. The molecule has 1 fully saturated rings. The lowest BCUT2D eigenvalue weighted by atomic mass is 10.1. The van der Waals surface area contributed by atoms with E-state index in [1.165, 1.54) is 0 Å². The van der Waals surface area contributed by atoms with Crippen molar-refractivity contribution in [1.82, 2.24) is 4.72 Å². The maximum Gasteiger partial charge on any atom is 0.321 e. The number of carboxylic acids is 1. The molecule has 7 heteroatoms. The van der Waals surface area contributed by atoms with E-state index >= 15 is 0 Å². The monoisotopic (exact) mass is 293 g/mol. The lowest BCUT2D eigenvalue weighted by molar-refractivity contribution is -0.139. The maximum atomic E-state index is 11.9. The first kappa shape index (κ1) is 16.4. The average molecular weight is 293 g/mol. The highest BCUT2D eigenvalue weighted by Gasteiger charge is 2.26. The molecular formula is C12H23NO5S. The van der Waals surface area contributed by atoms with Crippen LogP contribution in [0.15, 0.2) is 0 Å². The topological polar surface area (TPSA) is 92.7 Å². The molecule has 0 aromatic heterocycles. The standard InChI is InChI=1S/C12H23NO5S/c1-9(2)7-11(12(14)15)13-19(16,17)6-4-10-3-5-18-8-10/h9-11,13H,3-8H2,1-2H3,(H,14,15). The van der Waals surface area contributed by atoms with Crippen molar-refractivity contribution in [1.29, 1.82) is 0 Å². The van der Waals surface area contributed by atoms with Gasteiger partial charge in [-0.2, -0.15) is 0 Å². The summed E-state index contributed by atoms with van der Waals surface area (Å²) in [6.45, 7) is 5.01. The second-order valence-corrected chi connectivity index (χ2v) is 7.35. The number of ether oxygens (including phenoxy) is 1. The van der Waals surface area contributed by atoms with Crippen molar-refractivity contribution in [2.24, 2.45) is 11.8 Å². The molecule has 1 heterocycles. The van der Waals surface area contributed by atoms with Crippen molar-refractivity contribution in [3.8, 4) is 0 Å². The van der Waals surface area contributed by atoms with E-state index in [0.717, 1.165) is 6.42 Å². The van der Waals surface area contributed by atoms with Crippen LogP contribution in [-0.2, 0) is 19.6 Å². The molecule has 0 bridgehead atoms. The molecule has 0 saturated carbocycles. The second kappa shape index (κ2) is 7.21. The van der Waals surface area contributed by atoms with Crippen LogP contribution in [-0.4, -0.2) is 44.5 Å². The third kappa shape index (κ3) is 6.35. The Morgan fingerprint density at radius 3 is 2.63 bits per heavy atom. The molecule has 2 unspecified atom stereocenters. The molecule has 0 radical (unpaired) electrons. The third-order valence-electron chi connectivity index (χ3n) is 3.15. The van der Waals surface area contributed by atoms with Crippen molar-refractivity contribution in [3.05, 3.63) is 0 Å². The van der Waals surface area contributed by atoms with Crippen molar-refractivity contribution in [2.45, 2.75) is 39.2 Å². The van der Waals surface area contributed by atoms with E-state index in [4.69, 9.17) is 9.84 Å². The molecule has 19 heavy (non-hydrogen) atoms. The van der Waals surface area contributed by atoms with Gasteiger partial charge in [-0.05, 0) is 31.1 Å². The fraction of sp³-hybridized carbons (Fsp3) is 0.917. The number of hydrogen-bond acceptors (Lipinski definition) is 4. The predicted octanol–water partition coefficient (Wildman–Crippen LogP) is 0.832. The zero-order chi connectivity index (χ0) is 14.5. The minimum absolute atomic E-state index is 0.0388. The smallest absolute Gasteiger partial charge is 0.321 e. The zero-order valence-corrected chi connectivity index (χ0v) is 12.3. The van der Waals surface area contributed by atoms with Crippen LogP contribution in [0.2, 0.25) is 0 Å². The van der Waals surface area contributed by atoms with Crippen LogP contribution in [0.1, 0.15) is 33.1 Å². The molecule has 0 aliphatic carbocycles. The molecule has 0 spiro atoms. The molecule has 2 N–H and O–H groups in total. The summed E-state index contributed by atoms with van der Waals surface area (Å²) in [7, 11) is -3.55. The molecule has 6 nitrogen and oxygen atoms in total. The number of nitrogens with one attached hydrogen (secondary N) is 1. The first-order chi connectivity index (χ1) is 8.80. The van der Waals surface area contributed by atoms with E-state index in [9.17, 15) is 13.2 Å². The van der Waals surface area contributed by atoms with Crippen LogP contribution in [0.5, 0.6) is 0 Å². The van der Waals surface area contributed by atoms with Gasteiger partial charge in [-0.3, -0.25) is 4.79 Å². The van der Waals surface area contributed by atoms with Crippen LogP contribution in [0.25, 0.3) is 0 Å². The number of rotatable bonds is 8. The minimum Gasteiger partial charge on any atom is -0.480 e. The van der Waals surface area contributed by atoms with Gasteiger partial charge in [0, 0.05) is 13.2 Å². The van der Waals surface area contributed by atoms with Gasteiger partial charge in [-0.15, -0.1) is 0 Å². The number of carbonyl (C=O) groups is 1. The first-order valence-electron chi connectivity index (χ1n) is 6.60. The van der Waals surface area contributed by atoms with Gasteiger partial charge in [0.25, 0.3) is 0 Å². The summed E-state index contributed by atoms with van der Waals surface area (Å²) >= 11 is 0. The van der Waals surface area contributed by atoms with Crippen LogP contribution < -0.4 is 4.72 Å². The second-order valence-electron chi connectivity index (χ2n) is 5.48. The molecular weight excluding hydrogens is 270 g/mol. The zero-order valence-electron chi connectivity index (χ0n) is 11.5. The van der Waals surface area contributed by atoms with Crippen molar-refractivity contribution >= 4 is 16.0 Å². The largest absolute Gasteiger partial charge is 0.480 e. The normalized spacial score (nSPS) is 21.7. The maximum absolute atomic E-state index is 11.9. The Balaban J connectivity index is 2.48. The lowest BCUT2D eigenvalue weighted by Crippen LogP contribution is -2.42. The molecule has 2 atom stereocenters. The number of carboxylic acid groups (broad SMARTS) is 1. The molecule has 1 aliphatic rings. The fourth-order valence-electron chi connectivity index (χ4n) is 2.08. The van der Waals surface area contributed by atoms with Gasteiger partial charge < -0.3 is 9.84 Å². The molecule has 1 aliphatic heterocycles. The highest BCUT2D eigenvalue weighted by atomic mass is 32.2. The molecule has 1 saturated heterocycles. The van der Waals surface area contributed by atoms with Gasteiger partial charge in [-0.1, -0.05) is 13.8 Å². The number of hydrogen-bond donors (Lipinski definition) is 2. The Morgan fingerprint density at radius 2 is 2.16 bits per heavy atom. The van der Waals surface area contributed by atoms with E-state index in [1.807, 2.05) is 13.8 Å². The molecule has 1 rings (SSSR count). The fourth-order valence-corrected chi connectivity index (χ4v) is 3.47. The van der Waals surface area contributed by atoms with E-state index in [0.29, 0.717) is 26.1 Å². The molecule has 112 valence electrons. The summed E-state index contributed by atoms with van der Waals surface area (Å²) < 4.78 is 31.2. The summed E-state index contributed by atoms with van der Waals surface area (Å²) in [6.07, 6.45) is 1.69. The quantitative estimate of drug-likeness (QED) is 0.691.